The standard InChI is InChI=1S/C18H17BrFN3O2/c1-23(10-11-24-16-5-3-2-4-15(16)20)12-17-21-22-18(25-17)13-6-8-14(19)9-7-13/h2-9H,10-12H2,1H3. The third kappa shape index (κ3) is 4.87. The number of halogens is 2. The molecule has 0 unspecified atom stereocenters. The van der Waals surface area contributed by atoms with Crippen LogP contribution in [0.1, 0.15) is 5.89 Å². The van der Waals surface area contributed by atoms with Crippen LogP contribution >= 0.6 is 15.9 Å². The molecule has 0 atom stereocenters. The van der Waals surface area contributed by atoms with Gasteiger partial charge < -0.3 is 9.15 Å². The second-order valence-corrected chi connectivity index (χ2v) is 6.44. The molecule has 0 saturated heterocycles. The van der Waals surface area contributed by atoms with E-state index in [9.17, 15) is 4.39 Å². The molecule has 7 heteroatoms. The number of likely N-dealkylation sites (N-methyl/N-ethyl adjacent to an activating group) is 1. The minimum atomic E-state index is -0.360. The number of nitrogens with zero attached hydrogens (tertiary/aromatic N) is 3. The van der Waals surface area contributed by atoms with E-state index in [2.05, 4.69) is 26.1 Å². The van der Waals surface area contributed by atoms with Crippen molar-refractivity contribution in [1.82, 2.24) is 15.1 Å². The first kappa shape index (κ1) is 17.6. The first-order valence-electron chi connectivity index (χ1n) is 7.76. The van der Waals surface area contributed by atoms with Crippen molar-refractivity contribution in [2.75, 3.05) is 20.2 Å². The molecule has 0 N–H and O–H groups in total. The summed E-state index contributed by atoms with van der Waals surface area (Å²) in [5, 5.41) is 8.13. The highest BCUT2D eigenvalue weighted by molar-refractivity contribution is 9.10. The van der Waals surface area contributed by atoms with E-state index in [-0.39, 0.29) is 11.6 Å². The molecule has 0 saturated carbocycles. The molecule has 3 rings (SSSR count). The molecule has 1 aromatic heterocycles. The van der Waals surface area contributed by atoms with Crippen molar-refractivity contribution < 1.29 is 13.5 Å². The van der Waals surface area contributed by atoms with Crippen molar-refractivity contribution >= 4 is 15.9 Å². The van der Waals surface area contributed by atoms with Crippen LogP contribution in [0.4, 0.5) is 4.39 Å². The Morgan fingerprint density at radius 2 is 1.88 bits per heavy atom. The fourth-order valence-electron chi connectivity index (χ4n) is 2.21. The first-order chi connectivity index (χ1) is 12.1. The molecule has 0 aliphatic carbocycles. The number of ether oxygens (including phenoxy) is 1. The van der Waals surface area contributed by atoms with Crippen molar-refractivity contribution in [2.45, 2.75) is 6.54 Å². The van der Waals surface area contributed by atoms with Crippen molar-refractivity contribution in [2.24, 2.45) is 0 Å². The molecule has 0 spiro atoms. The van der Waals surface area contributed by atoms with Gasteiger partial charge in [0, 0.05) is 16.6 Å². The topological polar surface area (TPSA) is 51.4 Å². The average molecular weight is 406 g/mol. The van der Waals surface area contributed by atoms with Crippen LogP contribution in [-0.4, -0.2) is 35.3 Å². The van der Waals surface area contributed by atoms with Crippen LogP contribution < -0.4 is 4.74 Å². The van der Waals surface area contributed by atoms with Gasteiger partial charge in [0.15, 0.2) is 11.6 Å². The predicted molar refractivity (Wildman–Crippen MR) is 95.7 cm³/mol. The molecule has 0 amide bonds. The maximum Gasteiger partial charge on any atom is 0.247 e. The largest absolute Gasteiger partial charge is 0.489 e. The molecule has 0 radical (unpaired) electrons. The summed E-state index contributed by atoms with van der Waals surface area (Å²) in [6, 6.07) is 14.0. The van der Waals surface area contributed by atoms with E-state index < -0.39 is 0 Å². The Balaban J connectivity index is 1.50. The minimum Gasteiger partial charge on any atom is -0.489 e. The van der Waals surface area contributed by atoms with Gasteiger partial charge in [-0.15, -0.1) is 10.2 Å². The Morgan fingerprint density at radius 3 is 2.64 bits per heavy atom. The lowest BCUT2D eigenvalue weighted by molar-refractivity contribution is 0.215. The summed E-state index contributed by atoms with van der Waals surface area (Å²) in [7, 11) is 1.91. The lowest BCUT2D eigenvalue weighted by Gasteiger charge is -2.14. The third-order valence-electron chi connectivity index (χ3n) is 3.53. The molecular formula is C18H17BrFN3O2. The average Bonchev–Trinajstić information content (AvgIpc) is 3.05. The maximum absolute atomic E-state index is 13.5. The van der Waals surface area contributed by atoms with Crippen LogP contribution in [0.15, 0.2) is 57.4 Å². The summed E-state index contributed by atoms with van der Waals surface area (Å²) in [6.45, 7) is 1.46. The van der Waals surface area contributed by atoms with Gasteiger partial charge >= 0.3 is 0 Å². The zero-order valence-corrected chi connectivity index (χ0v) is 15.2. The molecule has 2 aromatic carbocycles. The van der Waals surface area contributed by atoms with Gasteiger partial charge in [0.1, 0.15) is 6.61 Å². The number of benzene rings is 2. The zero-order chi connectivity index (χ0) is 17.6. The summed E-state index contributed by atoms with van der Waals surface area (Å²) < 4.78 is 25.6. The van der Waals surface area contributed by atoms with E-state index in [0.29, 0.717) is 31.5 Å². The molecule has 0 fully saturated rings. The molecule has 25 heavy (non-hydrogen) atoms. The van der Waals surface area contributed by atoms with Gasteiger partial charge in [-0.1, -0.05) is 28.1 Å². The van der Waals surface area contributed by atoms with Crippen molar-refractivity contribution in [1.29, 1.82) is 0 Å². The van der Waals surface area contributed by atoms with Gasteiger partial charge in [-0.05, 0) is 43.4 Å². The van der Waals surface area contributed by atoms with Crippen molar-refractivity contribution in [3.05, 3.63) is 64.7 Å². The monoisotopic (exact) mass is 405 g/mol. The van der Waals surface area contributed by atoms with E-state index in [1.165, 1.54) is 6.07 Å². The highest BCUT2D eigenvalue weighted by Gasteiger charge is 2.11. The minimum absolute atomic E-state index is 0.256. The second-order valence-electron chi connectivity index (χ2n) is 5.52. The lowest BCUT2D eigenvalue weighted by atomic mass is 10.2. The van der Waals surface area contributed by atoms with Crippen LogP contribution in [0.3, 0.4) is 0 Å². The lowest BCUT2D eigenvalue weighted by Crippen LogP contribution is -2.24. The van der Waals surface area contributed by atoms with Gasteiger partial charge in [-0.3, -0.25) is 4.90 Å². The Labute approximate surface area is 153 Å². The van der Waals surface area contributed by atoms with Crippen molar-refractivity contribution in [3.8, 4) is 17.2 Å². The van der Waals surface area contributed by atoms with Gasteiger partial charge in [-0.2, -0.15) is 0 Å². The van der Waals surface area contributed by atoms with Gasteiger partial charge in [0.2, 0.25) is 11.8 Å². The number of hydrogen-bond donors (Lipinski definition) is 0. The molecule has 1 heterocycles. The van der Waals surface area contributed by atoms with Crippen molar-refractivity contribution in [3.63, 3.8) is 0 Å². The van der Waals surface area contributed by atoms with E-state index >= 15 is 0 Å². The smallest absolute Gasteiger partial charge is 0.247 e. The second kappa shape index (κ2) is 8.22. The summed E-state index contributed by atoms with van der Waals surface area (Å²) in [6.07, 6.45) is 0. The fraction of sp³-hybridized carbons (Fsp3) is 0.222. The van der Waals surface area contributed by atoms with Crippen LogP contribution in [0.2, 0.25) is 0 Å². The summed E-state index contributed by atoms with van der Waals surface area (Å²) in [5.74, 6) is 0.900. The molecular weight excluding hydrogens is 389 g/mol. The van der Waals surface area contributed by atoms with E-state index in [1.54, 1.807) is 18.2 Å². The Morgan fingerprint density at radius 1 is 1.12 bits per heavy atom. The van der Waals surface area contributed by atoms with E-state index in [4.69, 9.17) is 9.15 Å². The van der Waals surface area contributed by atoms with Crippen LogP contribution in [0, 0.1) is 5.82 Å². The van der Waals surface area contributed by atoms with Crippen LogP contribution in [0.25, 0.3) is 11.5 Å². The van der Waals surface area contributed by atoms with Crippen LogP contribution in [0.5, 0.6) is 5.75 Å². The fourth-order valence-corrected chi connectivity index (χ4v) is 2.47. The van der Waals surface area contributed by atoms with Gasteiger partial charge in [-0.25, -0.2) is 4.39 Å². The van der Waals surface area contributed by atoms with Gasteiger partial charge in [0.05, 0.1) is 6.54 Å². The normalized spacial score (nSPS) is 11.0. The highest BCUT2D eigenvalue weighted by Crippen LogP contribution is 2.21. The molecule has 3 aromatic rings. The summed E-state index contributed by atoms with van der Waals surface area (Å²) in [4.78, 5) is 1.97. The Bertz CT molecular complexity index is 823. The van der Waals surface area contributed by atoms with E-state index in [0.717, 1.165) is 10.0 Å². The van der Waals surface area contributed by atoms with Crippen LogP contribution in [-0.2, 0) is 6.54 Å². The molecule has 130 valence electrons. The first-order valence-corrected chi connectivity index (χ1v) is 8.55. The quantitative estimate of drug-likeness (QED) is 0.590. The molecule has 0 aliphatic rings. The number of para-hydroxylation sites is 1. The summed E-state index contributed by atoms with van der Waals surface area (Å²) >= 11 is 3.39. The molecule has 5 nitrogen and oxygen atoms in total. The number of rotatable bonds is 7. The Kier molecular flexibility index (Phi) is 5.78. The SMILES string of the molecule is CN(CCOc1ccccc1F)Cc1nnc(-c2ccc(Br)cc2)o1. The Hall–Kier alpha value is -2.25. The molecule has 0 bridgehead atoms. The molecule has 0 aliphatic heterocycles. The highest BCUT2D eigenvalue weighted by atomic mass is 79.9. The van der Waals surface area contributed by atoms with Gasteiger partial charge in [0.25, 0.3) is 0 Å². The third-order valence-corrected chi connectivity index (χ3v) is 4.06. The summed E-state index contributed by atoms with van der Waals surface area (Å²) in [5.41, 5.74) is 0.868. The maximum atomic E-state index is 13.5. The number of aromatic nitrogens is 2. The van der Waals surface area contributed by atoms with E-state index in [1.807, 2.05) is 36.2 Å². The zero-order valence-electron chi connectivity index (χ0n) is 13.7. The predicted octanol–water partition coefficient (Wildman–Crippen LogP) is 4.15. The number of hydrogen-bond acceptors (Lipinski definition) is 5.